The number of rotatable bonds is 35. The number of aromatic nitrogens is 1. The molecule has 0 aliphatic heterocycles. The highest BCUT2D eigenvalue weighted by Crippen LogP contribution is 2.37. The van der Waals surface area contributed by atoms with Gasteiger partial charge in [-0.2, -0.15) is 0 Å². The van der Waals surface area contributed by atoms with E-state index >= 15 is 0 Å². The first-order valence-corrected chi connectivity index (χ1v) is 26.6. The number of aromatic hydroxyl groups is 1. The molecule has 5 aromatic rings. The van der Waals surface area contributed by atoms with Gasteiger partial charge in [0.05, 0.1) is 11.3 Å². The number of thiophene rings is 1. The number of nitrogens with one attached hydrogen (secondary N) is 1. The highest BCUT2D eigenvalue weighted by molar-refractivity contribution is 7.17. The second kappa shape index (κ2) is 30.6. The largest absolute Gasteiger partial charge is 0.508 e. The van der Waals surface area contributed by atoms with Crippen LogP contribution in [0.3, 0.4) is 0 Å². The van der Waals surface area contributed by atoms with Crippen molar-refractivity contribution in [2.24, 2.45) is 17.2 Å². The zero-order valence-electron chi connectivity index (χ0n) is 40.7. The van der Waals surface area contributed by atoms with Gasteiger partial charge in [0.1, 0.15) is 5.75 Å². The third kappa shape index (κ3) is 17.3. The summed E-state index contributed by atoms with van der Waals surface area (Å²) in [7, 11) is 0. The van der Waals surface area contributed by atoms with Gasteiger partial charge in [-0.05, 0) is 117 Å². The molecule has 0 unspecified atom stereocenters. The van der Waals surface area contributed by atoms with Crippen molar-refractivity contribution in [1.29, 1.82) is 0 Å². The molecule has 0 bridgehead atoms. The molecule has 12 heteroatoms. The van der Waals surface area contributed by atoms with Gasteiger partial charge in [-0.3, -0.25) is 19.6 Å². The second-order valence-electron chi connectivity index (χ2n) is 18.5. The number of amides is 2. The van der Waals surface area contributed by atoms with Crippen molar-refractivity contribution in [1.82, 2.24) is 14.9 Å². The summed E-state index contributed by atoms with van der Waals surface area (Å²) in [6.07, 6.45) is 25.9. The molecule has 2 heterocycles. The maximum absolute atomic E-state index is 14.2. The molecular formula is C56H80N6O5S. The minimum atomic E-state index is -0.600. The number of aryl methyl sites for hydroxylation is 1. The summed E-state index contributed by atoms with van der Waals surface area (Å²) in [6, 6.07) is 24.3. The van der Waals surface area contributed by atoms with E-state index in [0.717, 1.165) is 99.7 Å². The number of hydroxylamine groups is 1. The molecule has 5 rings (SSSR count). The number of phenolic OH excluding ortho intramolecular Hbond substituents is 1. The molecule has 2 amide bonds. The number of phenols is 1. The molecule has 0 aliphatic carbocycles. The fraction of sp³-hybridized carbons (Fsp3) is 0.518. The van der Waals surface area contributed by atoms with Gasteiger partial charge >= 0.3 is 0 Å². The number of nitrogens with zero attached hydrogens (tertiary/aromatic N) is 2. The Labute approximate surface area is 409 Å². The van der Waals surface area contributed by atoms with Gasteiger partial charge in [0.25, 0.3) is 5.91 Å². The van der Waals surface area contributed by atoms with E-state index < -0.39 is 5.91 Å². The molecule has 0 atom stereocenters. The lowest BCUT2D eigenvalue weighted by molar-refractivity contribution is -0.128. The molecule has 9 N–H and O–H groups in total. The number of unbranched alkanes of at least 4 members (excludes halogenated alkanes) is 19. The van der Waals surface area contributed by atoms with Crippen molar-refractivity contribution in [2.75, 3.05) is 32.7 Å². The lowest BCUT2D eigenvalue weighted by Gasteiger charge is -2.23. The molecule has 0 spiro atoms. The number of fused-ring (bicyclic) bond motifs is 1. The van der Waals surface area contributed by atoms with Crippen LogP contribution in [0.2, 0.25) is 0 Å². The van der Waals surface area contributed by atoms with E-state index in [9.17, 15) is 24.7 Å². The Hall–Kier alpha value is -4.85. The molecule has 3 aromatic carbocycles. The summed E-state index contributed by atoms with van der Waals surface area (Å²) in [5.74, 6) is -0.621. The standard InChI is InChI=1S/C56H80N6O5S/c57-32-17-13-9-5-1-3-7-11-15-20-35-61(36-21-16-12-8-4-2-6-10-14-18-33-58)56(66)44-28-26-43(27-29-44)50-39-45-30-31-46(40-51(45)62(50)37-22-19-34-59)54(65)52-41-48(42-53(64)60-67)55(68-52)47-24-23-25-49(63)38-47/h23-31,38-41,63,67H,1-22,32-37,42,57-59H2,(H,60,64). The summed E-state index contributed by atoms with van der Waals surface area (Å²) in [5.41, 5.74) is 24.3. The van der Waals surface area contributed by atoms with E-state index in [0.29, 0.717) is 45.1 Å². The second-order valence-corrected chi connectivity index (χ2v) is 19.6. The molecule has 2 aromatic heterocycles. The normalized spacial score (nSPS) is 11.4. The Balaban J connectivity index is 1.29. The first-order chi connectivity index (χ1) is 33.3. The van der Waals surface area contributed by atoms with E-state index in [1.54, 1.807) is 29.7 Å². The number of nitrogens with two attached hydrogens (primary N) is 3. The van der Waals surface area contributed by atoms with Gasteiger partial charge in [-0.25, -0.2) is 5.48 Å². The Kier molecular flexibility index (Phi) is 24.3. The molecule has 0 radical (unpaired) electrons. The Morgan fingerprint density at radius 3 is 1.65 bits per heavy atom. The van der Waals surface area contributed by atoms with Crippen LogP contribution in [0.4, 0.5) is 0 Å². The first kappa shape index (κ1) is 54.1. The van der Waals surface area contributed by atoms with Gasteiger partial charge < -0.3 is 31.8 Å². The van der Waals surface area contributed by atoms with E-state index in [2.05, 4.69) is 27.7 Å². The number of carbonyl (C=O) groups excluding carboxylic acids is 3. The Bertz CT molecular complexity index is 2240. The minimum absolute atomic E-state index is 0.0707. The van der Waals surface area contributed by atoms with Crippen LogP contribution < -0.4 is 22.7 Å². The fourth-order valence-electron chi connectivity index (χ4n) is 9.21. The van der Waals surface area contributed by atoms with Crippen molar-refractivity contribution >= 4 is 39.8 Å². The highest BCUT2D eigenvalue weighted by Gasteiger charge is 2.22. The SMILES string of the molecule is NCCCCCCCCCCCCN(CCCCCCCCCCCCN)C(=O)c1ccc(-c2cc3ccc(C(=O)c4cc(CC(=O)NO)c(-c5cccc(O)c5)s4)cc3n2CCCCN)cc1. The molecule has 11 nitrogen and oxygen atoms in total. The predicted molar refractivity (Wildman–Crippen MR) is 281 cm³/mol. The predicted octanol–water partition coefficient (Wildman–Crippen LogP) is 11.9. The van der Waals surface area contributed by atoms with Crippen LogP contribution in [-0.2, 0) is 17.8 Å². The summed E-state index contributed by atoms with van der Waals surface area (Å²) < 4.78 is 2.25. The number of hydrogen-bond donors (Lipinski definition) is 6. The molecule has 0 saturated carbocycles. The van der Waals surface area contributed by atoms with Crippen molar-refractivity contribution in [3.63, 3.8) is 0 Å². The highest BCUT2D eigenvalue weighted by atomic mass is 32.1. The van der Waals surface area contributed by atoms with Crippen LogP contribution in [0.25, 0.3) is 32.6 Å². The van der Waals surface area contributed by atoms with Crippen LogP contribution in [0.1, 0.15) is 172 Å². The van der Waals surface area contributed by atoms with Gasteiger partial charge in [0, 0.05) is 52.2 Å². The average molecular weight is 949 g/mol. The van der Waals surface area contributed by atoms with Crippen molar-refractivity contribution < 1.29 is 24.7 Å². The average Bonchev–Trinajstić information content (AvgIpc) is 3.95. The van der Waals surface area contributed by atoms with E-state index in [4.69, 9.17) is 17.2 Å². The van der Waals surface area contributed by atoms with Gasteiger partial charge in [-0.1, -0.05) is 139 Å². The van der Waals surface area contributed by atoms with E-state index in [1.807, 2.05) is 36.4 Å². The number of benzene rings is 3. The smallest absolute Gasteiger partial charge is 0.253 e. The van der Waals surface area contributed by atoms with Gasteiger partial charge in [0.2, 0.25) is 11.7 Å². The molecular weight excluding hydrogens is 869 g/mol. The number of hydrogen-bond acceptors (Lipinski definition) is 9. The summed E-state index contributed by atoms with van der Waals surface area (Å²) in [4.78, 5) is 43.9. The topological polar surface area (TPSA) is 190 Å². The van der Waals surface area contributed by atoms with Gasteiger partial charge in [0.15, 0.2) is 0 Å². The maximum Gasteiger partial charge on any atom is 0.253 e. The molecule has 68 heavy (non-hydrogen) atoms. The van der Waals surface area contributed by atoms with Crippen LogP contribution in [-0.4, -0.2) is 70.1 Å². The summed E-state index contributed by atoms with van der Waals surface area (Å²) >= 11 is 1.25. The first-order valence-electron chi connectivity index (χ1n) is 25.8. The van der Waals surface area contributed by atoms with E-state index in [-0.39, 0.29) is 23.9 Å². The summed E-state index contributed by atoms with van der Waals surface area (Å²) in [6.45, 7) is 4.42. The van der Waals surface area contributed by atoms with Crippen molar-refractivity contribution in [2.45, 2.75) is 154 Å². The fourth-order valence-corrected chi connectivity index (χ4v) is 10.4. The molecule has 0 aliphatic rings. The number of ketones is 1. The zero-order chi connectivity index (χ0) is 48.4. The number of carbonyl (C=O) groups is 3. The lowest BCUT2D eigenvalue weighted by Crippen LogP contribution is -2.33. The maximum atomic E-state index is 14.2. The molecule has 0 saturated heterocycles. The Morgan fingerprint density at radius 1 is 0.574 bits per heavy atom. The van der Waals surface area contributed by atoms with Gasteiger partial charge in [-0.15, -0.1) is 11.3 Å². The van der Waals surface area contributed by atoms with Crippen molar-refractivity contribution in [3.8, 4) is 27.4 Å². The van der Waals surface area contributed by atoms with Crippen LogP contribution in [0.15, 0.2) is 78.9 Å². The lowest BCUT2D eigenvalue weighted by atomic mass is 10.0. The van der Waals surface area contributed by atoms with Crippen LogP contribution >= 0.6 is 11.3 Å². The van der Waals surface area contributed by atoms with Crippen LogP contribution in [0.5, 0.6) is 5.75 Å². The third-order valence-electron chi connectivity index (χ3n) is 13.1. The Morgan fingerprint density at radius 2 is 1.10 bits per heavy atom. The van der Waals surface area contributed by atoms with Crippen LogP contribution in [0, 0.1) is 0 Å². The monoisotopic (exact) mass is 949 g/mol. The minimum Gasteiger partial charge on any atom is -0.508 e. The van der Waals surface area contributed by atoms with Crippen molar-refractivity contribution in [3.05, 3.63) is 100 Å². The zero-order valence-corrected chi connectivity index (χ0v) is 41.5. The third-order valence-corrected chi connectivity index (χ3v) is 14.3. The summed E-state index contributed by atoms with van der Waals surface area (Å²) in [5, 5.41) is 20.5. The quantitative estimate of drug-likeness (QED) is 0.0100. The molecule has 0 fully saturated rings. The van der Waals surface area contributed by atoms with E-state index in [1.165, 1.54) is 101 Å². The molecule has 370 valence electrons.